The summed E-state index contributed by atoms with van der Waals surface area (Å²) in [4.78, 5) is 15.2. The van der Waals surface area contributed by atoms with Crippen molar-refractivity contribution in [3.63, 3.8) is 0 Å². The van der Waals surface area contributed by atoms with Gasteiger partial charge in [-0.25, -0.2) is 14.2 Å². The molecule has 16 heavy (non-hydrogen) atoms. The average Bonchev–Trinajstić information content (AvgIpc) is 2.28. The molecule has 0 fully saturated rings. The number of aromatic nitrogens is 2. The number of fused-ring (bicyclic) bond motifs is 1. The van der Waals surface area contributed by atoms with Crippen molar-refractivity contribution in [2.24, 2.45) is 0 Å². The summed E-state index contributed by atoms with van der Waals surface area (Å²) in [5.74, 6) is -0.402. The van der Waals surface area contributed by atoms with E-state index in [2.05, 4.69) is 11.6 Å². The second-order valence-electron chi connectivity index (χ2n) is 3.45. The molecule has 0 aliphatic heterocycles. The minimum Gasteiger partial charge on any atom is -0.289 e. The maximum absolute atomic E-state index is 13.6. The van der Waals surface area contributed by atoms with Crippen LogP contribution in [0, 0.1) is 5.82 Å². The van der Waals surface area contributed by atoms with E-state index in [1.165, 1.54) is 16.8 Å². The first kappa shape index (κ1) is 10.5. The molecule has 0 aliphatic carbocycles. The van der Waals surface area contributed by atoms with Crippen molar-refractivity contribution in [3.05, 3.63) is 53.4 Å². The molecule has 4 heteroatoms. The van der Waals surface area contributed by atoms with Gasteiger partial charge in [-0.1, -0.05) is 18.2 Å². The fraction of sp³-hybridized carbons (Fsp3) is 0.167. The highest BCUT2D eigenvalue weighted by Gasteiger charge is 2.07. The van der Waals surface area contributed by atoms with Crippen LogP contribution in [0.3, 0.4) is 0 Å². The second-order valence-corrected chi connectivity index (χ2v) is 3.45. The highest BCUT2D eigenvalue weighted by Crippen LogP contribution is 2.14. The lowest BCUT2D eigenvalue weighted by Crippen LogP contribution is -2.23. The molecule has 82 valence electrons. The fourth-order valence-electron chi connectivity index (χ4n) is 1.64. The number of halogens is 1. The predicted molar refractivity (Wildman–Crippen MR) is 60.8 cm³/mol. The Bertz CT molecular complexity index is 589. The van der Waals surface area contributed by atoms with Crippen LogP contribution in [0.15, 0.2) is 41.8 Å². The molecule has 0 bridgehead atoms. The maximum atomic E-state index is 13.6. The Morgan fingerprint density at radius 3 is 3.06 bits per heavy atom. The number of rotatable bonds is 3. The van der Waals surface area contributed by atoms with Crippen molar-refractivity contribution >= 4 is 10.9 Å². The number of nitrogens with zero attached hydrogens (tertiary/aromatic N) is 2. The molecule has 2 aromatic rings. The van der Waals surface area contributed by atoms with Crippen LogP contribution in [0.2, 0.25) is 0 Å². The number of allylic oxidation sites excluding steroid dienone is 1. The van der Waals surface area contributed by atoms with Crippen LogP contribution in [0.5, 0.6) is 0 Å². The van der Waals surface area contributed by atoms with Crippen LogP contribution in [-0.4, -0.2) is 9.55 Å². The van der Waals surface area contributed by atoms with Crippen LogP contribution >= 0.6 is 0 Å². The summed E-state index contributed by atoms with van der Waals surface area (Å²) in [6.07, 6.45) is 3.69. The van der Waals surface area contributed by atoms with E-state index in [0.29, 0.717) is 23.9 Å². The van der Waals surface area contributed by atoms with Gasteiger partial charge in [0.15, 0.2) is 0 Å². The summed E-state index contributed by atoms with van der Waals surface area (Å²) in [6.45, 7) is 3.97. The van der Waals surface area contributed by atoms with Crippen molar-refractivity contribution in [2.75, 3.05) is 0 Å². The van der Waals surface area contributed by atoms with Gasteiger partial charge in [-0.15, -0.1) is 6.58 Å². The maximum Gasteiger partial charge on any atom is 0.348 e. The van der Waals surface area contributed by atoms with E-state index in [1.807, 2.05) is 0 Å². The zero-order chi connectivity index (χ0) is 11.5. The number of aryl methyl sites for hydroxylation is 1. The summed E-state index contributed by atoms with van der Waals surface area (Å²) in [6, 6.07) is 4.67. The smallest absolute Gasteiger partial charge is 0.289 e. The Morgan fingerprint density at radius 1 is 1.50 bits per heavy atom. The standard InChI is InChI=1S/C12H11FN2O/c1-2-3-7-15-11-9(8-14-12(15)16)5-4-6-10(11)13/h2,4-6,8H,1,3,7H2. The largest absolute Gasteiger partial charge is 0.348 e. The van der Waals surface area contributed by atoms with Crippen LogP contribution < -0.4 is 5.69 Å². The zero-order valence-corrected chi connectivity index (χ0v) is 8.69. The molecule has 0 amide bonds. The summed E-state index contributed by atoms with van der Waals surface area (Å²) >= 11 is 0. The molecule has 1 aromatic carbocycles. The van der Waals surface area contributed by atoms with Crippen LogP contribution in [0.1, 0.15) is 6.42 Å². The van der Waals surface area contributed by atoms with Gasteiger partial charge in [-0.05, 0) is 12.5 Å². The first-order valence-electron chi connectivity index (χ1n) is 4.99. The number of para-hydroxylation sites is 1. The average molecular weight is 218 g/mol. The minimum atomic E-state index is -0.431. The molecule has 0 unspecified atom stereocenters. The lowest BCUT2D eigenvalue weighted by atomic mass is 10.2. The van der Waals surface area contributed by atoms with E-state index in [9.17, 15) is 9.18 Å². The highest BCUT2D eigenvalue weighted by atomic mass is 19.1. The van der Waals surface area contributed by atoms with E-state index in [-0.39, 0.29) is 0 Å². The van der Waals surface area contributed by atoms with Gasteiger partial charge in [0.1, 0.15) is 5.82 Å². The van der Waals surface area contributed by atoms with Crippen LogP contribution in [-0.2, 0) is 6.54 Å². The first-order chi connectivity index (χ1) is 7.74. The summed E-state index contributed by atoms with van der Waals surface area (Å²) < 4.78 is 15.0. The molecule has 0 saturated carbocycles. The lowest BCUT2D eigenvalue weighted by Gasteiger charge is -2.08. The Kier molecular flexibility index (Phi) is 2.81. The van der Waals surface area contributed by atoms with Crippen LogP contribution in [0.25, 0.3) is 10.9 Å². The van der Waals surface area contributed by atoms with E-state index in [4.69, 9.17) is 0 Å². The Labute approximate surface area is 91.9 Å². The van der Waals surface area contributed by atoms with Crippen molar-refractivity contribution in [1.29, 1.82) is 0 Å². The third-order valence-corrected chi connectivity index (χ3v) is 2.39. The monoisotopic (exact) mass is 218 g/mol. The second kappa shape index (κ2) is 4.26. The molecular weight excluding hydrogens is 207 g/mol. The number of benzene rings is 1. The quantitative estimate of drug-likeness (QED) is 0.739. The van der Waals surface area contributed by atoms with Crippen molar-refractivity contribution in [1.82, 2.24) is 9.55 Å². The van der Waals surface area contributed by atoms with Gasteiger partial charge in [0.05, 0.1) is 5.52 Å². The topological polar surface area (TPSA) is 34.9 Å². The summed E-state index contributed by atoms with van der Waals surface area (Å²) in [5.41, 5.74) is -0.121. The van der Waals surface area contributed by atoms with E-state index >= 15 is 0 Å². The Hall–Kier alpha value is -1.97. The third kappa shape index (κ3) is 1.74. The number of hydrogen-bond acceptors (Lipinski definition) is 2. The van der Waals surface area contributed by atoms with Crippen molar-refractivity contribution in [2.45, 2.75) is 13.0 Å². The summed E-state index contributed by atoms with van der Waals surface area (Å²) in [5, 5.41) is 0.628. The van der Waals surface area contributed by atoms with Gasteiger partial charge >= 0.3 is 5.69 Å². The lowest BCUT2D eigenvalue weighted by molar-refractivity contribution is 0.610. The summed E-state index contributed by atoms with van der Waals surface area (Å²) in [7, 11) is 0. The zero-order valence-electron chi connectivity index (χ0n) is 8.69. The SMILES string of the molecule is C=CCCn1c(=O)ncc2cccc(F)c21. The molecule has 1 aromatic heterocycles. The van der Waals surface area contributed by atoms with Gasteiger partial charge < -0.3 is 0 Å². The minimum absolute atomic E-state index is 0.310. The van der Waals surface area contributed by atoms with Gasteiger partial charge in [-0.3, -0.25) is 4.57 Å². The highest BCUT2D eigenvalue weighted by molar-refractivity contribution is 5.78. The van der Waals surface area contributed by atoms with Gasteiger partial charge in [0, 0.05) is 18.1 Å². The molecule has 0 spiro atoms. The molecule has 3 nitrogen and oxygen atoms in total. The molecule has 0 saturated heterocycles. The molecule has 0 N–H and O–H groups in total. The van der Waals surface area contributed by atoms with Gasteiger partial charge in [0.25, 0.3) is 0 Å². The predicted octanol–water partition coefficient (Wildman–Crippen LogP) is 2.11. The van der Waals surface area contributed by atoms with Crippen LogP contribution in [0.4, 0.5) is 4.39 Å². The molecule has 0 atom stereocenters. The fourth-order valence-corrected chi connectivity index (χ4v) is 1.64. The molecule has 2 rings (SSSR count). The van der Waals surface area contributed by atoms with Crippen molar-refractivity contribution < 1.29 is 4.39 Å². The van der Waals surface area contributed by atoms with E-state index in [1.54, 1.807) is 18.2 Å². The van der Waals surface area contributed by atoms with Gasteiger partial charge in [-0.2, -0.15) is 0 Å². The first-order valence-corrected chi connectivity index (χ1v) is 4.99. The Morgan fingerprint density at radius 2 is 2.31 bits per heavy atom. The molecule has 0 radical (unpaired) electrons. The van der Waals surface area contributed by atoms with E-state index < -0.39 is 11.5 Å². The molecule has 0 aliphatic rings. The molecule has 1 heterocycles. The third-order valence-electron chi connectivity index (χ3n) is 2.39. The van der Waals surface area contributed by atoms with Gasteiger partial charge in [0.2, 0.25) is 0 Å². The van der Waals surface area contributed by atoms with Crippen molar-refractivity contribution in [3.8, 4) is 0 Å². The van der Waals surface area contributed by atoms with E-state index in [0.717, 1.165) is 0 Å². The normalized spacial score (nSPS) is 10.6. The number of hydrogen-bond donors (Lipinski definition) is 0. The molecular formula is C12H11FN2O. The Balaban J connectivity index is 2.72.